The summed E-state index contributed by atoms with van der Waals surface area (Å²) in [5, 5.41) is 20.1. The summed E-state index contributed by atoms with van der Waals surface area (Å²) in [7, 11) is 0. The summed E-state index contributed by atoms with van der Waals surface area (Å²) in [6.45, 7) is 0. The van der Waals surface area contributed by atoms with Crippen LogP contribution in [0.5, 0.6) is 0 Å². The molecule has 0 aliphatic carbocycles. The molecule has 1 atom stereocenters. The van der Waals surface area contributed by atoms with Crippen molar-refractivity contribution in [1.82, 2.24) is 10.2 Å². The van der Waals surface area contributed by atoms with Crippen molar-refractivity contribution in [1.29, 1.82) is 0 Å². The van der Waals surface area contributed by atoms with Crippen LogP contribution < -0.4 is 4.90 Å². The largest absolute Gasteiger partial charge is 0.503 e. The van der Waals surface area contributed by atoms with Crippen molar-refractivity contribution in [3.8, 4) is 0 Å². The number of thioether (sulfide) groups is 1. The summed E-state index contributed by atoms with van der Waals surface area (Å²) in [5.74, 6) is -1.30. The summed E-state index contributed by atoms with van der Waals surface area (Å²) in [4.78, 5) is 27.6. The van der Waals surface area contributed by atoms with E-state index < -0.39 is 23.5 Å². The first-order valence-electron chi connectivity index (χ1n) is 10.1. The lowest BCUT2D eigenvalue weighted by Crippen LogP contribution is -2.31. The SMILES string of the molecule is O=C(C1=C(O)C(=O)N(c2nnc(SCc3ccccc3Cl)s2)C1c1ccccc1)c1ccco1. The van der Waals surface area contributed by atoms with E-state index in [1.807, 2.05) is 30.3 Å². The quantitative estimate of drug-likeness (QED) is 0.189. The van der Waals surface area contributed by atoms with E-state index in [0.29, 0.717) is 20.7 Å². The summed E-state index contributed by atoms with van der Waals surface area (Å²) in [6, 6.07) is 18.7. The van der Waals surface area contributed by atoms with Gasteiger partial charge in [-0.2, -0.15) is 0 Å². The minimum Gasteiger partial charge on any atom is -0.503 e. The molecule has 3 heterocycles. The average molecular weight is 510 g/mol. The predicted octanol–water partition coefficient (Wildman–Crippen LogP) is 5.86. The number of Topliss-reactive ketones (excluding diaryl/α,β-unsaturated/α-hetero) is 1. The zero-order valence-corrected chi connectivity index (χ0v) is 19.8. The number of ketones is 1. The van der Waals surface area contributed by atoms with Crippen LogP contribution in [0.2, 0.25) is 5.02 Å². The molecule has 1 amide bonds. The fourth-order valence-electron chi connectivity index (χ4n) is 3.64. The van der Waals surface area contributed by atoms with Crippen LogP contribution in [0.15, 0.2) is 93.1 Å². The topological polar surface area (TPSA) is 96.5 Å². The van der Waals surface area contributed by atoms with E-state index in [-0.39, 0.29) is 16.5 Å². The van der Waals surface area contributed by atoms with E-state index in [9.17, 15) is 14.7 Å². The van der Waals surface area contributed by atoms with Gasteiger partial charge in [0.05, 0.1) is 17.9 Å². The smallest absolute Gasteiger partial charge is 0.296 e. The molecule has 0 saturated heterocycles. The second-order valence-corrected chi connectivity index (χ2v) is 9.87. The van der Waals surface area contributed by atoms with E-state index in [1.54, 1.807) is 30.3 Å². The number of halogens is 1. The number of aromatic nitrogens is 2. The molecule has 0 spiro atoms. The number of furan rings is 1. The second-order valence-electron chi connectivity index (χ2n) is 7.29. The van der Waals surface area contributed by atoms with Crippen molar-refractivity contribution in [3.63, 3.8) is 0 Å². The maximum absolute atomic E-state index is 13.2. The molecule has 2 aromatic carbocycles. The molecule has 5 rings (SSSR count). The molecule has 170 valence electrons. The van der Waals surface area contributed by atoms with Gasteiger partial charge in [-0.1, -0.05) is 83.2 Å². The fraction of sp³-hybridized carbons (Fsp3) is 0.0833. The van der Waals surface area contributed by atoms with Gasteiger partial charge in [0.1, 0.15) is 0 Å². The number of rotatable bonds is 7. The molecule has 7 nitrogen and oxygen atoms in total. The first-order valence-corrected chi connectivity index (χ1v) is 12.3. The van der Waals surface area contributed by atoms with Gasteiger partial charge in [0, 0.05) is 10.8 Å². The highest BCUT2D eigenvalue weighted by molar-refractivity contribution is 8.00. The van der Waals surface area contributed by atoms with Crippen molar-refractivity contribution in [2.45, 2.75) is 16.1 Å². The van der Waals surface area contributed by atoms with E-state index in [4.69, 9.17) is 16.0 Å². The van der Waals surface area contributed by atoms with Crippen molar-refractivity contribution < 1.29 is 19.1 Å². The Hall–Kier alpha value is -3.40. The zero-order chi connectivity index (χ0) is 23.7. The molecule has 1 aliphatic rings. The monoisotopic (exact) mass is 509 g/mol. The van der Waals surface area contributed by atoms with Gasteiger partial charge in [0.15, 0.2) is 15.9 Å². The van der Waals surface area contributed by atoms with Crippen molar-refractivity contribution >= 4 is 51.5 Å². The Morgan fingerprint density at radius 1 is 1.09 bits per heavy atom. The number of anilines is 1. The summed E-state index contributed by atoms with van der Waals surface area (Å²) in [5.41, 5.74) is 1.54. The molecule has 0 saturated carbocycles. The molecule has 34 heavy (non-hydrogen) atoms. The maximum Gasteiger partial charge on any atom is 0.296 e. The molecule has 0 fully saturated rings. The Morgan fingerprint density at radius 3 is 2.59 bits per heavy atom. The molecular weight excluding hydrogens is 494 g/mol. The normalized spacial score (nSPS) is 15.9. The van der Waals surface area contributed by atoms with Gasteiger partial charge >= 0.3 is 0 Å². The minimum absolute atomic E-state index is 0.0328. The second kappa shape index (κ2) is 9.46. The molecule has 1 aliphatic heterocycles. The Kier molecular flexibility index (Phi) is 6.23. The lowest BCUT2D eigenvalue weighted by Gasteiger charge is -2.23. The van der Waals surface area contributed by atoms with Gasteiger partial charge in [-0.15, -0.1) is 10.2 Å². The number of hydrogen-bond donors (Lipinski definition) is 1. The standard InChI is InChI=1S/C24H16ClN3O4S2/c25-16-10-5-4-9-15(16)13-33-24-27-26-23(34-24)28-19(14-7-2-1-3-8-14)18(21(30)22(28)31)20(29)17-11-6-12-32-17/h1-12,19,30H,13H2. The van der Waals surface area contributed by atoms with Gasteiger partial charge in [-0.25, -0.2) is 0 Å². The van der Waals surface area contributed by atoms with Gasteiger partial charge in [-0.05, 0) is 29.3 Å². The molecule has 10 heteroatoms. The first-order chi connectivity index (χ1) is 16.5. The Balaban J connectivity index is 1.48. The zero-order valence-electron chi connectivity index (χ0n) is 17.4. The third-order valence-corrected chi connectivity index (χ3v) is 7.70. The van der Waals surface area contributed by atoms with E-state index in [0.717, 1.165) is 5.56 Å². The van der Waals surface area contributed by atoms with E-state index in [2.05, 4.69) is 10.2 Å². The highest BCUT2D eigenvalue weighted by Gasteiger charge is 2.46. The molecule has 1 N–H and O–H groups in total. The highest BCUT2D eigenvalue weighted by Crippen LogP contribution is 2.44. The van der Waals surface area contributed by atoms with Crippen LogP contribution in [-0.2, 0) is 10.5 Å². The van der Waals surface area contributed by atoms with Crippen LogP contribution in [0.25, 0.3) is 0 Å². The molecule has 0 radical (unpaired) electrons. The van der Waals surface area contributed by atoms with Crippen LogP contribution in [0.4, 0.5) is 5.13 Å². The lowest BCUT2D eigenvalue weighted by atomic mass is 9.95. The van der Waals surface area contributed by atoms with E-state index in [1.165, 1.54) is 40.3 Å². The van der Waals surface area contributed by atoms with Crippen molar-refractivity contribution in [2.24, 2.45) is 0 Å². The Bertz CT molecular complexity index is 1390. The molecule has 1 unspecified atom stereocenters. The van der Waals surface area contributed by atoms with Crippen molar-refractivity contribution in [3.05, 3.63) is 106 Å². The number of nitrogens with zero attached hydrogens (tertiary/aromatic N) is 3. The predicted molar refractivity (Wildman–Crippen MR) is 130 cm³/mol. The number of carbonyl (C=O) groups is 2. The average Bonchev–Trinajstić information content (AvgIpc) is 3.60. The minimum atomic E-state index is -0.874. The van der Waals surface area contributed by atoms with Crippen LogP contribution in [-0.4, -0.2) is 27.0 Å². The Morgan fingerprint density at radius 2 is 1.85 bits per heavy atom. The van der Waals surface area contributed by atoms with Gasteiger partial charge in [-0.3, -0.25) is 14.5 Å². The molecule has 4 aromatic rings. The number of amides is 1. The number of benzene rings is 2. The third-order valence-electron chi connectivity index (χ3n) is 5.22. The van der Waals surface area contributed by atoms with Crippen LogP contribution in [0.1, 0.15) is 27.7 Å². The number of carbonyl (C=O) groups excluding carboxylic acids is 2. The molecule has 0 bridgehead atoms. The summed E-state index contributed by atoms with van der Waals surface area (Å²) < 4.78 is 5.86. The summed E-state index contributed by atoms with van der Waals surface area (Å²) in [6.07, 6.45) is 1.37. The lowest BCUT2D eigenvalue weighted by molar-refractivity contribution is -0.117. The maximum atomic E-state index is 13.2. The summed E-state index contributed by atoms with van der Waals surface area (Å²) >= 11 is 8.87. The Labute approximate surface area is 207 Å². The van der Waals surface area contributed by atoms with E-state index >= 15 is 0 Å². The van der Waals surface area contributed by atoms with Gasteiger partial charge < -0.3 is 9.52 Å². The number of aliphatic hydroxyl groups excluding tert-OH is 1. The highest BCUT2D eigenvalue weighted by atomic mass is 35.5. The van der Waals surface area contributed by atoms with Gasteiger partial charge in [0.25, 0.3) is 5.91 Å². The van der Waals surface area contributed by atoms with Crippen molar-refractivity contribution in [2.75, 3.05) is 4.90 Å². The first kappa shape index (κ1) is 22.4. The number of aliphatic hydroxyl groups is 1. The number of hydrogen-bond acceptors (Lipinski definition) is 8. The third kappa shape index (κ3) is 4.13. The van der Waals surface area contributed by atoms with Gasteiger partial charge in [0.2, 0.25) is 10.9 Å². The molecule has 2 aromatic heterocycles. The van der Waals surface area contributed by atoms with Crippen LogP contribution in [0, 0.1) is 0 Å². The van der Waals surface area contributed by atoms with Crippen LogP contribution in [0.3, 0.4) is 0 Å². The van der Waals surface area contributed by atoms with Crippen LogP contribution >= 0.6 is 34.7 Å². The molecular formula is C24H16ClN3O4S2. The fourth-order valence-corrected chi connectivity index (χ4v) is 5.79.